The maximum absolute atomic E-state index is 11.1. The van der Waals surface area contributed by atoms with Gasteiger partial charge in [0.05, 0.1) is 44.6 Å². The zero-order chi connectivity index (χ0) is 37.9. The Hall–Kier alpha value is -7.22. The van der Waals surface area contributed by atoms with Crippen LogP contribution in [-0.2, 0) is 0 Å². The van der Waals surface area contributed by atoms with Gasteiger partial charge in [-0.2, -0.15) is 10.5 Å². The molecule has 0 bridgehead atoms. The lowest BCUT2D eigenvalue weighted by molar-refractivity contribution is 1.07. The highest BCUT2D eigenvalue weighted by Gasteiger charge is 2.30. The molecule has 0 saturated heterocycles. The Balaban J connectivity index is 1.34. The molecule has 12 rings (SSSR count). The third-order valence-electron chi connectivity index (χ3n) is 11.8. The van der Waals surface area contributed by atoms with Crippen molar-refractivity contribution in [3.63, 3.8) is 0 Å². The Morgan fingerprint density at radius 2 is 0.877 bits per heavy atom. The summed E-state index contributed by atoms with van der Waals surface area (Å²) in [5.41, 5.74) is 9.09. The molecule has 4 heterocycles. The smallest absolute Gasteiger partial charge is 0.101 e. The van der Waals surface area contributed by atoms with Crippen LogP contribution in [0.3, 0.4) is 0 Å². The van der Waals surface area contributed by atoms with Crippen LogP contribution in [0.25, 0.3) is 106 Å². The quantitative estimate of drug-likeness (QED) is 0.180. The number of aromatic nitrogens is 2. The first-order valence-corrected chi connectivity index (χ1v) is 20.5. The molecule has 0 amide bonds. The first kappa shape index (κ1) is 32.1. The van der Waals surface area contributed by atoms with Gasteiger partial charge in [-0.1, -0.05) is 115 Å². The van der Waals surface area contributed by atoms with Crippen LogP contribution in [0.4, 0.5) is 0 Å². The maximum atomic E-state index is 11.1. The summed E-state index contributed by atoms with van der Waals surface area (Å²) in [6.07, 6.45) is 0. The van der Waals surface area contributed by atoms with E-state index >= 15 is 0 Å². The molecule has 12 aromatic rings. The van der Waals surface area contributed by atoms with Gasteiger partial charge in [-0.05, 0) is 54.4 Å². The second kappa shape index (κ2) is 11.9. The molecule has 0 N–H and O–H groups in total. The fraction of sp³-hybridized carbons (Fsp3) is 0.0196. The highest BCUT2D eigenvalue weighted by Crippen LogP contribution is 2.50. The molecule has 0 aliphatic carbocycles. The Labute approximate surface area is 334 Å². The number of nitriles is 2. The number of para-hydroxylation sites is 2. The topological polar surface area (TPSA) is 57.4 Å². The summed E-state index contributed by atoms with van der Waals surface area (Å²) in [6.45, 7) is 2.02. The van der Waals surface area contributed by atoms with Crippen molar-refractivity contribution >= 4 is 107 Å². The normalized spacial score (nSPS) is 11.9. The summed E-state index contributed by atoms with van der Waals surface area (Å²) < 4.78 is 9.72. The second-order valence-electron chi connectivity index (χ2n) is 14.6. The Morgan fingerprint density at radius 3 is 1.40 bits per heavy atom. The average molecular weight is 761 g/mol. The standard InChI is InChI=1S/C51H28N4S2/c1-29-37(27-52)38(28-53)45(30-13-3-2-4-14-30)49(55-40-20-10-6-18-36(40)47-42(55)26-24-34-32-16-8-12-22-44(32)57-51(34)47)48(29)54-39-19-9-5-17-35(39)46-41(54)25-23-33-31-15-7-11-21-43(31)56-50(33)46/h2-26H,1H3. The fourth-order valence-electron chi connectivity index (χ4n) is 9.43. The minimum atomic E-state index is 0.376. The predicted molar refractivity (Wildman–Crippen MR) is 241 cm³/mol. The van der Waals surface area contributed by atoms with Crippen LogP contribution >= 0.6 is 22.7 Å². The number of thiophene rings is 2. The van der Waals surface area contributed by atoms with Gasteiger partial charge < -0.3 is 9.13 Å². The molecule has 0 aliphatic rings. The van der Waals surface area contributed by atoms with Crippen molar-refractivity contribution in [3.8, 4) is 34.6 Å². The van der Waals surface area contributed by atoms with Gasteiger partial charge in [0.1, 0.15) is 12.1 Å². The minimum Gasteiger partial charge on any atom is -0.307 e. The van der Waals surface area contributed by atoms with Gasteiger partial charge in [0.2, 0.25) is 0 Å². The van der Waals surface area contributed by atoms with Gasteiger partial charge in [0.25, 0.3) is 0 Å². The Kier molecular flexibility index (Phi) is 6.69. The van der Waals surface area contributed by atoms with Crippen LogP contribution in [-0.4, -0.2) is 9.13 Å². The maximum Gasteiger partial charge on any atom is 0.101 e. The SMILES string of the molecule is Cc1c(C#N)c(C#N)c(-c2ccccc2)c(-n2c3ccccc3c3c4sc5ccccc5c4ccc32)c1-n1c2ccccc2c2c3sc4ccccc4c3ccc21. The van der Waals surface area contributed by atoms with Crippen molar-refractivity contribution in [3.05, 3.63) is 168 Å². The first-order chi connectivity index (χ1) is 28.2. The average Bonchev–Trinajstić information content (AvgIpc) is 4.01. The molecule has 0 atom stereocenters. The molecule has 0 aliphatic heterocycles. The summed E-state index contributed by atoms with van der Waals surface area (Å²) >= 11 is 3.66. The molecule has 6 heteroatoms. The number of benzene rings is 8. The van der Waals surface area contributed by atoms with E-state index in [0.717, 1.165) is 60.9 Å². The predicted octanol–water partition coefficient (Wildman–Crippen LogP) is 14.3. The number of nitrogens with zero attached hydrogens (tertiary/aromatic N) is 4. The van der Waals surface area contributed by atoms with Gasteiger partial charge >= 0.3 is 0 Å². The fourth-order valence-corrected chi connectivity index (χ4v) is 11.9. The highest BCUT2D eigenvalue weighted by atomic mass is 32.1. The zero-order valence-corrected chi connectivity index (χ0v) is 32.2. The summed E-state index contributed by atoms with van der Waals surface area (Å²) in [4.78, 5) is 0. The number of hydrogen-bond acceptors (Lipinski definition) is 4. The van der Waals surface area contributed by atoms with E-state index in [-0.39, 0.29) is 0 Å². The van der Waals surface area contributed by atoms with Crippen LogP contribution in [0, 0.1) is 29.6 Å². The van der Waals surface area contributed by atoms with E-state index in [1.54, 1.807) is 0 Å². The van der Waals surface area contributed by atoms with Crippen LogP contribution < -0.4 is 0 Å². The molecule has 4 aromatic heterocycles. The Bertz CT molecular complexity index is 3790. The van der Waals surface area contributed by atoms with Crippen molar-refractivity contribution < 1.29 is 0 Å². The van der Waals surface area contributed by atoms with Gasteiger partial charge in [0.15, 0.2) is 0 Å². The summed E-state index contributed by atoms with van der Waals surface area (Å²) in [5.74, 6) is 0. The van der Waals surface area contributed by atoms with E-state index in [0.29, 0.717) is 11.1 Å². The third kappa shape index (κ3) is 4.23. The lowest BCUT2D eigenvalue weighted by Crippen LogP contribution is -2.11. The summed E-state index contributed by atoms with van der Waals surface area (Å²) in [5, 5.41) is 31.8. The molecular weight excluding hydrogens is 733 g/mol. The van der Waals surface area contributed by atoms with Crippen molar-refractivity contribution in [2.45, 2.75) is 6.92 Å². The molecule has 57 heavy (non-hydrogen) atoms. The second-order valence-corrected chi connectivity index (χ2v) is 16.7. The van der Waals surface area contributed by atoms with E-state index in [9.17, 15) is 10.5 Å². The van der Waals surface area contributed by atoms with Crippen LogP contribution in [0.1, 0.15) is 16.7 Å². The molecular formula is C51H28N4S2. The molecule has 0 saturated carbocycles. The lowest BCUT2D eigenvalue weighted by atomic mass is 9.89. The largest absolute Gasteiger partial charge is 0.307 e. The monoisotopic (exact) mass is 760 g/mol. The van der Waals surface area contributed by atoms with E-state index < -0.39 is 0 Å². The first-order valence-electron chi connectivity index (χ1n) is 18.9. The molecule has 0 unspecified atom stereocenters. The van der Waals surface area contributed by atoms with E-state index in [4.69, 9.17) is 0 Å². The van der Waals surface area contributed by atoms with E-state index in [1.807, 2.05) is 47.8 Å². The molecule has 8 aromatic carbocycles. The van der Waals surface area contributed by atoms with Crippen molar-refractivity contribution in [1.29, 1.82) is 10.5 Å². The van der Waals surface area contributed by atoms with Gasteiger partial charge in [-0.25, -0.2) is 0 Å². The molecule has 0 spiro atoms. The van der Waals surface area contributed by atoms with E-state index in [1.165, 1.54) is 51.1 Å². The molecule has 0 radical (unpaired) electrons. The molecule has 4 nitrogen and oxygen atoms in total. The minimum absolute atomic E-state index is 0.376. The Morgan fingerprint density at radius 1 is 0.421 bits per heavy atom. The molecule has 0 fully saturated rings. The number of fused-ring (bicyclic) bond motifs is 14. The van der Waals surface area contributed by atoms with Crippen LogP contribution in [0.5, 0.6) is 0 Å². The highest BCUT2D eigenvalue weighted by molar-refractivity contribution is 7.27. The van der Waals surface area contributed by atoms with Crippen molar-refractivity contribution in [1.82, 2.24) is 9.13 Å². The third-order valence-corrected chi connectivity index (χ3v) is 14.2. The zero-order valence-electron chi connectivity index (χ0n) is 30.5. The van der Waals surface area contributed by atoms with Crippen molar-refractivity contribution in [2.75, 3.05) is 0 Å². The summed E-state index contributed by atoms with van der Waals surface area (Å²) in [7, 11) is 0. The van der Waals surface area contributed by atoms with Crippen LogP contribution in [0.2, 0.25) is 0 Å². The van der Waals surface area contributed by atoms with Crippen LogP contribution in [0.15, 0.2) is 152 Å². The number of rotatable bonds is 3. The van der Waals surface area contributed by atoms with Crippen molar-refractivity contribution in [2.24, 2.45) is 0 Å². The van der Waals surface area contributed by atoms with Gasteiger partial charge in [-0.15, -0.1) is 22.7 Å². The summed E-state index contributed by atoms with van der Waals surface area (Å²) in [6, 6.07) is 58.7. The van der Waals surface area contributed by atoms with E-state index in [2.05, 4.69) is 155 Å². The van der Waals surface area contributed by atoms with Gasteiger partial charge in [-0.3, -0.25) is 0 Å². The van der Waals surface area contributed by atoms with Gasteiger partial charge in [0, 0.05) is 67.5 Å². The lowest BCUT2D eigenvalue weighted by Gasteiger charge is -2.25. The molecule has 264 valence electrons. The number of hydrogen-bond donors (Lipinski definition) is 0.